The minimum atomic E-state index is -0.548. The Labute approximate surface area is 97.3 Å². The molecule has 0 spiro atoms. The Balaban J connectivity index is 2.11. The summed E-state index contributed by atoms with van der Waals surface area (Å²) in [6, 6.07) is 0. The molecule has 1 aromatic heterocycles. The largest absolute Gasteiger partial charge is 0.385 e. The fourth-order valence-electron chi connectivity index (χ4n) is 2.11. The fourth-order valence-corrected chi connectivity index (χ4v) is 3.87. The molecule has 0 aliphatic heterocycles. The molecule has 0 bridgehead atoms. The number of rotatable bonds is 2. The van der Waals surface area contributed by atoms with Gasteiger partial charge in [-0.1, -0.05) is 13.8 Å². The van der Waals surface area contributed by atoms with Gasteiger partial charge in [0.05, 0.1) is 5.60 Å². The van der Waals surface area contributed by atoms with Crippen LogP contribution in [0.2, 0.25) is 0 Å². The van der Waals surface area contributed by atoms with Crippen molar-refractivity contribution in [2.45, 2.75) is 32.3 Å². The Bertz CT molecular complexity index is 326. The van der Waals surface area contributed by atoms with Gasteiger partial charge in [0.1, 0.15) is 0 Å². The van der Waals surface area contributed by atoms with E-state index < -0.39 is 5.60 Å². The van der Waals surface area contributed by atoms with Crippen molar-refractivity contribution >= 4 is 27.3 Å². The zero-order valence-electron chi connectivity index (χ0n) is 8.46. The molecule has 0 unspecified atom stereocenters. The Morgan fingerprint density at radius 2 is 2.14 bits per heavy atom. The molecule has 0 saturated heterocycles. The maximum Gasteiger partial charge on any atom is 0.0921 e. The van der Waals surface area contributed by atoms with Crippen LogP contribution in [-0.2, 0) is 5.60 Å². The van der Waals surface area contributed by atoms with E-state index in [-0.39, 0.29) is 0 Å². The Morgan fingerprint density at radius 3 is 2.57 bits per heavy atom. The minimum absolute atomic E-state index is 0.548. The summed E-state index contributed by atoms with van der Waals surface area (Å²) < 4.78 is 1.06. The molecule has 1 N–H and O–H groups in total. The van der Waals surface area contributed by atoms with Crippen LogP contribution in [0.3, 0.4) is 0 Å². The molecule has 1 aliphatic carbocycles. The van der Waals surface area contributed by atoms with E-state index in [2.05, 4.69) is 35.2 Å². The summed E-state index contributed by atoms with van der Waals surface area (Å²) in [5.74, 6) is 1.37. The van der Waals surface area contributed by atoms with Gasteiger partial charge in [-0.25, -0.2) is 0 Å². The van der Waals surface area contributed by atoms with Crippen molar-refractivity contribution in [3.8, 4) is 0 Å². The van der Waals surface area contributed by atoms with Crippen molar-refractivity contribution in [2.24, 2.45) is 11.8 Å². The SMILES string of the molecule is CC(C)C1CC(O)(c2cscc2Br)C1. The van der Waals surface area contributed by atoms with Crippen LogP contribution in [0, 0.1) is 11.8 Å². The van der Waals surface area contributed by atoms with E-state index in [0.717, 1.165) is 22.9 Å². The number of hydrogen-bond acceptors (Lipinski definition) is 2. The first-order chi connectivity index (χ1) is 6.53. The summed E-state index contributed by atoms with van der Waals surface area (Å²) in [6.07, 6.45) is 1.83. The van der Waals surface area contributed by atoms with Gasteiger partial charge in [-0.3, -0.25) is 0 Å². The van der Waals surface area contributed by atoms with Crippen LogP contribution in [0.25, 0.3) is 0 Å². The zero-order chi connectivity index (χ0) is 10.3. The van der Waals surface area contributed by atoms with Gasteiger partial charge in [-0.15, -0.1) is 0 Å². The normalized spacial score (nSPS) is 31.9. The summed E-state index contributed by atoms with van der Waals surface area (Å²) in [7, 11) is 0. The molecule has 1 fully saturated rings. The molecular weight excluding hydrogens is 260 g/mol. The summed E-state index contributed by atoms with van der Waals surface area (Å²) in [5, 5.41) is 14.4. The van der Waals surface area contributed by atoms with Crippen LogP contribution < -0.4 is 0 Å². The van der Waals surface area contributed by atoms with Gasteiger partial charge in [0.15, 0.2) is 0 Å². The molecule has 1 aliphatic rings. The third kappa shape index (κ3) is 1.66. The summed E-state index contributed by atoms with van der Waals surface area (Å²) in [6.45, 7) is 4.46. The quantitative estimate of drug-likeness (QED) is 0.871. The summed E-state index contributed by atoms with van der Waals surface area (Å²) in [5.41, 5.74) is 0.535. The average Bonchev–Trinajstić information content (AvgIpc) is 2.45. The first kappa shape index (κ1) is 10.7. The van der Waals surface area contributed by atoms with Crippen LogP contribution >= 0.6 is 27.3 Å². The lowest BCUT2D eigenvalue weighted by atomic mass is 9.64. The molecule has 0 atom stereocenters. The van der Waals surface area contributed by atoms with E-state index in [1.54, 1.807) is 11.3 Å². The highest BCUT2D eigenvalue weighted by Crippen LogP contribution is 2.51. The lowest BCUT2D eigenvalue weighted by Crippen LogP contribution is -2.43. The molecule has 0 amide bonds. The van der Waals surface area contributed by atoms with E-state index in [1.165, 1.54) is 0 Å². The van der Waals surface area contributed by atoms with E-state index in [4.69, 9.17) is 0 Å². The van der Waals surface area contributed by atoms with Crippen LogP contribution in [0.15, 0.2) is 15.2 Å². The maximum absolute atomic E-state index is 10.3. The smallest absolute Gasteiger partial charge is 0.0921 e. The fraction of sp³-hybridized carbons (Fsp3) is 0.636. The van der Waals surface area contributed by atoms with Gasteiger partial charge in [0.2, 0.25) is 0 Å². The van der Waals surface area contributed by atoms with Crippen molar-refractivity contribution in [3.05, 3.63) is 20.8 Å². The highest BCUT2D eigenvalue weighted by Gasteiger charge is 2.46. The molecule has 0 aromatic carbocycles. The monoisotopic (exact) mass is 274 g/mol. The van der Waals surface area contributed by atoms with Crippen molar-refractivity contribution in [1.29, 1.82) is 0 Å². The third-order valence-electron chi connectivity index (χ3n) is 3.26. The molecule has 2 rings (SSSR count). The molecule has 1 saturated carbocycles. The van der Waals surface area contributed by atoms with Crippen LogP contribution in [0.5, 0.6) is 0 Å². The van der Waals surface area contributed by atoms with Gasteiger partial charge in [-0.05, 0) is 46.0 Å². The van der Waals surface area contributed by atoms with Crippen molar-refractivity contribution in [2.75, 3.05) is 0 Å². The summed E-state index contributed by atoms with van der Waals surface area (Å²) in [4.78, 5) is 0. The van der Waals surface area contributed by atoms with E-state index in [9.17, 15) is 5.11 Å². The predicted molar refractivity (Wildman–Crippen MR) is 63.5 cm³/mol. The first-order valence-electron chi connectivity index (χ1n) is 4.97. The Kier molecular flexibility index (Phi) is 2.75. The predicted octanol–water partition coefficient (Wildman–Crippen LogP) is 3.76. The van der Waals surface area contributed by atoms with E-state index >= 15 is 0 Å². The number of thiophene rings is 1. The molecule has 14 heavy (non-hydrogen) atoms. The number of aliphatic hydroxyl groups is 1. The van der Waals surface area contributed by atoms with Crippen molar-refractivity contribution < 1.29 is 5.11 Å². The van der Waals surface area contributed by atoms with Crippen LogP contribution in [0.4, 0.5) is 0 Å². The molecule has 3 heteroatoms. The molecule has 0 radical (unpaired) electrons. The second-order valence-corrected chi connectivity index (χ2v) is 6.18. The second-order valence-electron chi connectivity index (χ2n) is 4.58. The number of halogens is 1. The highest BCUT2D eigenvalue weighted by atomic mass is 79.9. The molecule has 78 valence electrons. The van der Waals surface area contributed by atoms with Crippen molar-refractivity contribution in [1.82, 2.24) is 0 Å². The second kappa shape index (κ2) is 3.62. The third-order valence-corrected chi connectivity index (χ3v) is 4.96. The molecule has 1 nitrogen and oxygen atoms in total. The van der Waals surface area contributed by atoms with Gasteiger partial charge in [0, 0.05) is 15.4 Å². The average molecular weight is 275 g/mol. The maximum atomic E-state index is 10.3. The molecule has 1 aromatic rings. The minimum Gasteiger partial charge on any atom is -0.385 e. The van der Waals surface area contributed by atoms with Gasteiger partial charge < -0.3 is 5.11 Å². The highest BCUT2D eigenvalue weighted by molar-refractivity contribution is 9.10. The van der Waals surface area contributed by atoms with Crippen LogP contribution in [0.1, 0.15) is 32.3 Å². The standard InChI is InChI=1S/C11H15BrOS/c1-7(2)8-3-11(13,4-8)9-5-14-6-10(9)12/h5-8,13H,3-4H2,1-2H3. The van der Waals surface area contributed by atoms with Crippen molar-refractivity contribution in [3.63, 3.8) is 0 Å². The van der Waals surface area contributed by atoms with E-state index in [0.29, 0.717) is 11.8 Å². The van der Waals surface area contributed by atoms with Gasteiger partial charge in [0.25, 0.3) is 0 Å². The Morgan fingerprint density at radius 1 is 1.50 bits per heavy atom. The molecule has 1 heterocycles. The first-order valence-corrected chi connectivity index (χ1v) is 6.71. The lowest BCUT2D eigenvalue weighted by molar-refractivity contribution is -0.0935. The summed E-state index contributed by atoms with van der Waals surface area (Å²) >= 11 is 5.13. The van der Waals surface area contributed by atoms with Crippen LogP contribution in [-0.4, -0.2) is 5.11 Å². The molecular formula is C11H15BrOS. The topological polar surface area (TPSA) is 20.2 Å². The Hall–Kier alpha value is 0.140. The van der Waals surface area contributed by atoms with Gasteiger partial charge >= 0.3 is 0 Å². The number of hydrogen-bond donors (Lipinski definition) is 1. The van der Waals surface area contributed by atoms with Gasteiger partial charge in [-0.2, -0.15) is 11.3 Å². The van der Waals surface area contributed by atoms with E-state index in [1.807, 2.05) is 5.38 Å². The lowest BCUT2D eigenvalue weighted by Gasteiger charge is -2.45. The zero-order valence-corrected chi connectivity index (χ0v) is 10.9.